The van der Waals surface area contributed by atoms with Crippen LogP contribution in [-0.2, 0) is 0 Å². The van der Waals surface area contributed by atoms with E-state index in [0.29, 0.717) is 12.1 Å². The van der Waals surface area contributed by atoms with Gasteiger partial charge in [-0.05, 0) is 63.4 Å². The number of hydrogen-bond donors (Lipinski definition) is 2. The fraction of sp³-hybridized carbons (Fsp3) is 0.632. The maximum absolute atomic E-state index is 5.29. The molecule has 1 saturated heterocycles. The fourth-order valence-electron chi connectivity index (χ4n) is 3.23. The summed E-state index contributed by atoms with van der Waals surface area (Å²) in [7, 11) is 1.71. The molecule has 0 radical (unpaired) electrons. The van der Waals surface area contributed by atoms with E-state index in [9.17, 15) is 0 Å². The molecule has 3 rings (SSSR count). The molecular weight excluding hydrogens is 300 g/mol. The second-order valence-electron chi connectivity index (χ2n) is 6.67. The van der Waals surface area contributed by atoms with Crippen molar-refractivity contribution in [1.29, 1.82) is 0 Å². The number of aliphatic imine (C=N–C) groups is 1. The maximum Gasteiger partial charge on any atom is 0.191 e. The van der Waals surface area contributed by atoms with Gasteiger partial charge in [-0.3, -0.25) is 9.89 Å². The first-order valence-electron chi connectivity index (χ1n) is 9.23. The summed E-state index contributed by atoms with van der Waals surface area (Å²) in [5.74, 6) is 1.86. The Hall–Kier alpha value is -1.75. The van der Waals surface area contributed by atoms with E-state index in [4.69, 9.17) is 9.73 Å². The lowest BCUT2D eigenvalue weighted by Gasteiger charge is -2.27. The van der Waals surface area contributed by atoms with Gasteiger partial charge in [0.05, 0.1) is 19.7 Å². The van der Waals surface area contributed by atoms with Gasteiger partial charge in [0, 0.05) is 12.6 Å². The summed E-state index contributed by atoms with van der Waals surface area (Å²) in [6.45, 7) is 6.13. The lowest BCUT2D eigenvalue weighted by Crippen LogP contribution is -2.39. The average Bonchev–Trinajstić information content (AvgIpc) is 3.26. The molecule has 1 aliphatic heterocycles. The summed E-state index contributed by atoms with van der Waals surface area (Å²) in [5, 5.41) is 6.88. The van der Waals surface area contributed by atoms with E-state index in [2.05, 4.69) is 46.7 Å². The third-order valence-corrected chi connectivity index (χ3v) is 4.77. The number of methoxy groups -OCH3 is 1. The van der Waals surface area contributed by atoms with E-state index in [1.165, 1.54) is 44.3 Å². The molecule has 132 valence electrons. The first kappa shape index (κ1) is 17.1. The second kappa shape index (κ2) is 8.38. The molecule has 0 aromatic heterocycles. The van der Waals surface area contributed by atoms with Crippen LogP contribution in [0.15, 0.2) is 29.3 Å². The predicted octanol–water partition coefficient (Wildman–Crippen LogP) is 2.55. The zero-order chi connectivity index (χ0) is 16.8. The van der Waals surface area contributed by atoms with Gasteiger partial charge < -0.3 is 15.4 Å². The van der Waals surface area contributed by atoms with Crippen LogP contribution in [0.4, 0.5) is 0 Å². The molecule has 1 heterocycles. The van der Waals surface area contributed by atoms with Gasteiger partial charge in [0.15, 0.2) is 5.96 Å². The van der Waals surface area contributed by atoms with E-state index in [-0.39, 0.29) is 0 Å². The Balaban J connectivity index is 1.72. The van der Waals surface area contributed by atoms with Crippen molar-refractivity contribution < 1.29 is 4.74 Å². The number of nitrogens with one attached hydrogen (secondary N) is 2. The van der Waals surface area contributed by atoms with Crippen LogP contribution in [0.5, 0.6) is 5.75 Å². The molecular formula is C19H30N4O. The van der Waals surface area contributed by atoms with Gasteiger partial charge in [0.1, 0.15) is 5.75 Å². The number of hydrogen-bond acceptors (Lipinski definition) is 3. The lowest BCUT2D eigenvalue weighted by atomic mass is 10.1. The molecule has 1 aromatic carbocycles. The Labute approximate surface area is 145 Å². The number of rotatable bonds is 7. The van der Waals surface area contributed by atoms with Gasteiger partial charge in [0.25, 0.3) is 0 Å². The van der Waals surface area contributed by atoms with Crippen LogP contribution < -0.4 is 15.4 Å². The fourth-order valence-corrected chi connectivity index (χ4v) is 3.23. The van der Waals surface area contributed by atoms with E-state index < -0.39 is 0 Å². The van der Waals surface area contributed by atoms with Crippen LogP contribution in [0.1, 0.15) is 44.2 Å². The van der Waals surface area contributed by atoms with Gasteiger partial charge in [-0.25, -0.2) is 0 Å². The largest absolute Gasteiger partial charge is 0.497 e. The normalized spacial score (nSPS) is 20.0. The number of ether oxygens (including phenoxy) is 1. The van der Waals surface area contributed by atoms with E-state index >= 15 is 0 Å². The molecule has 1 unspecified atom stereocenters. The lowest BCUT2D eigenvalue weighted by molar-refractivity contribution is 0.251. The summed E-state index contributed by atoms with van der Waals surface area (Å²) >= 11 is 0. The van der Waals surface area contributed by atoms with E-state index in [1.807, 2.05) is 0 Å². The molecule has 2 fully saturated rings. The smallest absolute Gasteiger partial charge is 0.191 e. The standard InChI is InChI=1S/C19H30N4O/c1-3-20-19(22-16-8-9-16)21-14-18(23-12-4-5-13-23)15-6-10-17(24-2)11-7-15/h6-7,10-11,16,18H,3-5,8-9,12-14H2,1-2H3,(H2,20,21,22). The molecule has 24 heavy (non-hydrogen) atoms. The molecule has 5 nitrogen and oxygen atoms in total. The first-order chi connectivity index (χ1) is 11.8. The first-order valence-corrected chi connectivity index (χ1v) is 9.23. The van der Waals surface area contributed by atoms with Gasteiger partial charge in [0.2, 0.25) is 0 Å². The minimum Gasteiger partial charge on any atom is -0.497 e. The van der Waals surface area contributed by atoms with Crippen molar-refractivity contribution in [3.8, 4) is 5.75 Å². The molecule has 1 aliphatic carbocycles. The van der Waals surface area contributed by atoms with Crippen molar-refractivity contribution in [2.45, 2.75) is 44.7 Å². The summed E-state index contributed by atoms with van der Waals surface area (Å²) in [5.41, 5.74) is 1.32. The van der Waals surface area contributed by atoms with Crippen molar-refractivity contribution in [3.63, 3.8) is 0 Å². The monoisotopic (exact) mass is 330 g/mol. The zero-order valence-electron chi connectivity index (χ0n) is 14.9. The van der Waals surface area contributed by atoms with Crippen LogP contribution in [0, 0.1) is 0 Å². The molecule has 0 bridgehead atoms. The number of benzene rings is 1. The Morgan fingerprint density at radius 2 is 1.96 bits per heavy atom. The topological polar surface area (TPSA) is 48.9 Å². The second-order valence-corrected chi connectivity index (χ2v) is 6.67. The van der Waals surface area contributed by atoms with Crippen molar-refractivity contribution >= 4 is 5.96 Å². The zero-order valence-corrected chi connectivity index (χ0v) is 14.9. The van der Waals surface area contributed by atoms with Gasteiger partial charge in [-0.2, -0.15) is 0 Å². The molecule has 0 amide bonds. The highest BCUT2D eigenvalue weighted by Crippen LogP contribution is 2.27. The van der Waals surface area contributed by atoms with Crippen LogP contribution in [-0.4, -0.2) is 50.2 Å². The highest BCUT2D eigenvalue weighted by Gasteiger charge is 2.25. The summed E-state index contributed by atoms with van der Waals surface area (Å²) in [4.78, 5) is 7.44. The predicted molar refractivity (Wildman–Crippen MR) is 98.7 cm³/mol. The van der Waals surface area contributed by atoms with Crippen molar-refractivity contribution in [2.75, 3.05) is 33.3 Å². The van der Waals surface area contributed by atoms with E-state index in [1.54, 1.807) is 7.11 Å². The van der Waals surface area contributed by atoms with Crippen molar-refractivity contribution in [2.24, 2.45) is 4.99 Å². The van der Waals surface area contributed by atoms with Crippen molar-refractivity contribution in [1.82, 2.24) is 15.5 Å². The Kier molecular flexibility index (Phi) is 5.96. The highest BCUT2D eigenvalue weighted by atomic mass is 16.5. The third-order valence-electron chi connectivity index (χ3n) is 4.77. The SMILES string of the molecule is CCNC(=NCC(c1ccc(OC)cc1)N1CCCC1)NC1CC1. The Bertz CT molecular complexity index is 533. The Morgan fingerprint density at radius 3 is 2.54 bits per heavy atom. The average molecular weight is 330 g/mol. The van der Waals surface area contributed by atoms with Gasteiger partial charge in [-0.15, -0.1) is 0 Å². The summed E-state index contributed by atoms with van der Waals surface area (Å²) < 4.78 is 5.29. The van der Waals surface area contributed by atoms with E-state index in [0.717, 1.165) is 24.8 Å². The quantitative estimate of drug-likeness (QED) is 0.596. The van der Waals surface area contributed by atoms with Gasteiger partial charge in [-0.1, -0.05) is 12.1 Å². The van der Waals surface area contributed by atoms with Crippen LogP contribution in [0.25, 0.3) is 0 Å². The third kappa shape index (κ3) is 4.63. The molecule has 1 aromatic rings. The summed E-state index contributed by atoms with van der Waals surface area (Å²) in [6, 6.07) is 9.42. The molecule has 5 heteroatoms. The van der Waals surface area contributed by atoms with Crippen LogP contribution in [0.3, 0.4) is 0 Å². The van der Waals surface area contributed by atoms with Crippen LogP contribution in [0.2, 0.25) is 0 Å². The number of nitrogens with zero attached hydrogens (tertiary/aromatic N) is 2. The minimum atomic E-state index is 0.341. The summed E-state index contributed by atoms with van der Waals surface area (Å²) in [6.07, 6.45) is 5.10. The highest BCUT2D eigenvalue weighted by molar-refractivity contribution is 5.80. The van der Waals surface area contributed by atoms with Gasteiger partial charge >= 0.3 is 0 Å². The number of guanidine groups is 1. The Morgan fingerprint density at radius 1 is 1.25 bits per heavy atom. The molecule has 2 aliphatic rings. The number of likely N-dealkylation sites (tertiary alicyclic amines) is 1. The molecule has 1 saturated carbocycles. The minimum absolute atomic E-state index is 0.341. The molecule has 1 atom stereocenters. The molecule has 2 N–H and O–H groups in total. The molecule has 0 spiro atoms. The maximum atomic E-state index is 5.29. The van der Waals surface area contributed by atoms with Crippen molar-refractivity contribution in [3.05, 3.63) is 29.8 Å². The van der Waals surface area contributed by atoms with Crippen LogP contribution >= 0.6 is 0 Å².